The second kappa shape index (κ2) is 3.04. The minimum absolute atomic E-state index is 0.0926. The van der Waals surface area contributed by atoms with Crippen molar-refractivity contribution in [2.24, 2.45) is 0 Å². The van der Waals surface area contributed by atoms with Crippen LogP contribution < -0.4 is 4.90 Å². The van der Waals surface area contributed by atoms with Crippen LogP contribution in [-0.2, 0) is 4.79 Å². The molecular formula is C9H6BrN3O. The highest BCUT2D eigenvalue weighted by Crippen LogP contribution is 2.29. The molecule has 0 unspecified atom stereocenters. The lowest BCUT2D eigenvalue weighted by Crippen LogP contribution is -2.25. The average molecular weight is 252 g/mol. The summed E-state index contributed by atoms with van der Waals surface area (Å²) in [6, 6.07) is 5.36. The lowest BCUT2D eigenvalue weighted by Gasteiger charge is -2.07. The van der Waals surface area contributed by atoms with E-state index in [2.05, 4.69) is 20.7 Å². The maximum Gasteiger partial charge on any atom is 0.389 e. The van der Waals surface area contributed by atoms with Gasteiger partial charge in [-0.25, -0.2) is 0 Å². The Bertz CT molecular complexity index is 477. The van der Waals surface area contributed by atoms with Gasteiger partial charge in [0, 0.05) is 11.5 Å². The van der Waals surface area contributed by atoms with Gasteiger partial charge in [0.2, 0.25) is 0 Å². The maximum absolute atomic E-state index is 11.5. The Kier molecular flexibility index (Phi) is 1.98. The van der Waals surface area contributed by atoms with Gasteiger partial charge in [-0.05, 0) is 18.2 Å². The molecule has 0 saturated carbocycles. The van der Waals surface area contributed by atoms with Gasteiger partial charge in [-0.3, -0.25) is 4.79 Å². The summed E-state index contributed by atoms with van der Waals surface area (Å²) in [5.41, 5.74) is 10.2. The molecule has 0 spiro atoms. The minimum atomic E-state index is -0.291. The highest BCUT2D eigenvalue weighted by atomic mass is 79.9. The zero-order valence-electron chi connectivity index (χ0n) is 7.36. The fourth-order valence-electron chi connectivity index (χ4n) is 1.46. The van der Waals surface area contributed by atoms with E-state index in [1.165, 1.54) is 4.90 Å². The summed E-state index contributed by atoms with van der Waals surface area (Å²) in [6.07, 6.45) is 0. The van der Waals surface area contributed by atoms with E-state index in [0.29, 0.717) is 5.56 Å². The SMILES string of the molecule is CN1C(=O)C(=[N+]=[N-])c2ccc(Br)cc21. The first-order valence-electron chi connectivity index (χ1n) is 3.95. The molecule has 0 atom stereocenters. The molecule has 1 heterocycles. The normalized spacial score (nSPS) is 14.3. The van der Waals surface area contributed by atoms with E-state index in [4.69, 9.17) is 5.53 Å². The third-order valence-electron chi connectivity index (χ3n) is 2.18. The van der Waals surface area contributed by atoms with E-state index in [1.807, 2.05) is 6.07 Å². The molecule has 2 rings (SSSR count). The fraction of sp³-hybridized carbons (Fsp3) is 0.111. The van der Waals surface area contributed by atoms with Crippen molar-refractivity contribution in [3.63, 3.8) is 0 Å². The standard InChI is InChI=1S/C9H6BrN3O/c1-13-7-4-5(10)2-3-6(7)8(12-11)9(13)14/h2-4H,1H3. The van der Waals surface area contributed by atoms with Crippen LogP contribution in [0.5, 0.6) is 0 Å². The Morgan fingerprint density at radius 2 is 2.21 bits per heavy atom. The van der Waals surface area contributed by atoms with Gasteiger partial charge in [0.25, 0.3) is 0 Å². The van der Waals surface area contributed by atoms with E-state index in [-0.39, 0.29) is 11.6 Å². The van der Waals surface area contributed by atoms with Crippen molar-refractivity contribution < 1.29 is 9.58 Å². The smallest absolute Gasteiger partial charge is 0.361 e. The molecule has 1 aromatic carbocycles. The monoisotopic (exact) mass is 251 g/mol. The molecule has 1 aliphatic rings. The number of benzene rings is 1. The number of nitrogens with zero attached hydrogens (tertiary/aromatic N) is 3. The summed E-state index contributed by atoms with van der Waals surface area (Å²) in [7, 11) is 1.64. The van der Waals surface area contributed by atoms with Crippen LogP contribution in [0.3, 0.4) is 0 Å². The molecule has 0 radical (unpaired) electrons. The van der Waals surface area contributed by atoms with Crippen LogP contribution in [0.15, 0.2) is 22.7 Å². The third kappa shape index (κ3) is 1.10. The van der Waals surface area contributed by atoms with E-state index < -0.39 is 0 Å². The second-order valence-corrected chi connectivity index (χ2v) is 3.89. The first-order valence-corrected chi connectivity index (χ1v) is 4.74. The lowest BCUT2D eigenvalue weighted by molar-refractivity contribution is -0.115. The molecule has 4 nitrogen and oxygen atoms in total. The highest BCUT2D eigenvalue weighted by Gasteiger charge is 2.38. The van der Waals surface area contributed by atoms with Gasteiger partial charge in [0.1, 0.15) is 0 Å². The number of hydrogen-bond donors (Lipinski definition) is 0. The summed E-state index contributed by atoms with van der Waals surface area (Å²) < 4.78 is 0.884. The lowest BCUT2D eigenvalue weighted by atomic mass is 10.1. The molecule has 0 fully saturated rings. The number of carbonyl (C=O) groups is 1. The molecule has 0 aromatic heterocycles. The number of amides is 1. The molecule has 0 aliphatic carbocycles. The van der Waals surface area contributed by atoms with Crippen molar-refractivity contribution in [1.82, 2.24) is 0 Å². The topological polar surface area (TPSA) is 56.7 Å². The van der Waals surface area contributed by atoms with Crippen LogP contribution in [0.25, 0.3) is 5.53 Å². The number of halogens is 1. The molecule has 70 valence electrons. The van der Waals surface area contributed by atoms with Gasteiger partial charge in [0.05, 0.1) is 11.3 Å². The number of fused-ring (bicyclic) bond motifs is 1. The summed E-state index contributed by atoms with van der Waals surface area (Å²) in [5, 5.41) is 0. The summed E-state index contributed by atoms with van der Waals surface area (Å²) in [6.45, 7) is 0. The number of likely N-dealkylation sites (N-methyl/N-ethyl adjacent to an activating group) is 1. The highest BCUT2D eigenvalue weighted by molar-refractivity contribution is 9.10. The average Bonchev–Trinajstić information content (AvgIpc) is 2.41. The van der Waals surface area contributed by atoms with Gasteiger partial charge in [0.15, 0.2) is 0 Å². The first-order chi connectivity index (χ1) is 6.65. The molecule has 1 amide bonds. The first kappa shape index (κ1) is 9.12. The second-order valence-electron chi connectivity index (χ2n) is 2.97. The predicted octanol–water partition coefficient (Wildman–Crippen LogP) is 1.44. The Hall–Kier alpha value is -1.45. The largest absolute Gasteiger partial charge is 0.389 e. The van der Waals surface area contributed by atoms with Crippen LogP contribution in [-0.4, -0.2) is 23.5 Å². The van der Waals surface area contributed by atoms with Crippen molar-refractivity contribution in [2.45, 2.75) is 0 Å². The third-order valence-corrected chi connectivity index (χ3v) is 2.68. The molecule has 1 aromatic rings. The number of rotatable bonds is 0. The Morgan fingerprint density at radius 3 is 2.86 bits per heavy atom. The quantitative estimate of drug-likeness (QED) is 0.509. The molecule has 5 heteroatoms. The Labute approximate surface area is 88.9 Å². The van der Waals surface area contributed by atoms with Gasteiger partial charge in [-0.15, -0.1) is 0 Å². The van der Waals surface area contributed by atoms with E-state index >= 15 is 0 Å². The van der Waals surface area contributed by atoms with Gasteiger partial charge >= 0.3 is 11.6 Å². The van der Waals surface area contributed by atoms with Crippen LogP contribution in [0.4, 0.5) is 5.69 Å². The molecule has 0 saturated heterocycles. The van der Waals surface area contributed by atoms with E-state index in [9.17, 15) is 4.79 Å². The van der Waals surface area contributed by atoms with Crippen LogP contribution in [0.2, 0.25) is 0 Å². The van der Waals surface area contributed by atoms with Crippen molar-refractivity contribution in [3.8, 4) is 0 Å². The molecule has 1 aliphatic heterocycles. The zero-order chi connectivity index (χ0) is 10.3. The minimum Gasteiger partial charge on any atom is -0.361 e. The maximum atomic E-state index is 11.5. The number of carbonyl (C=O) groups excluding carboxylic acids is 1. The molecular weight excluding hydrogens is 246 g/mol. The fourth-order valence-corrected chi connectivity index (χ4v) is 1.81. The van der Waals surface area contributed by atoms with Crippen LogP contribution in [0, 0.1) is 0 Å². The van der Waals surface area contributed by atoms with Crippen LogP contribution in [0.1, 0.15) is 5.56 Å². The molecule has 0 N–H and O–H groups in total. The van der Waals surface area contributed by atoms with Crippen LogP contribution >= 0.6 is 15.9 Å². The van der Waals surface area contributed by atoms with E-state index in [0.717, 1.165) is 10.2 Å². The van der Waals surface area contributed by atoms with Crippen molar-refractivity contribution in [3.05, 3.63) is 33.8 Å². The summed E-state index contributed by atoms with van der Waals surface area (Å²) in [5.74, 6) is -0.291. The molecule has 0 bridgehead atoms. The van der Waals surface area contributed by atoms with Gasteiger partial charge in [-0.1, -0.05) is 15.9 Å². The number of hydrogen-bond acceptors (Lipinski definition) is 1. The molecule has 14 heavy (non-hydrogen) atoms. The Balaban J connectivity index is 2.74. The van der Waals surface area contributed by atoms with Crippen molar-refractivity contribution in [1.29, 1.82) is 0 Å². The van der Waals surface area contributed by atoms with E-state index in [1.54, 1.807) is 19.2 Å². The predicted molar refractivity (Wildman–Crippen MR) is 55.3 cm³/mol. The zero-order valence-corrected chi connectivity index (χ0v) is 8.95. The van der Waals surface area contributed by atoms with Gasteiger partial charge < -0.3 is 10.4 Å². The van der Waals surface area contributed by atoms with Gasteiger partial charge in [-0.2, -0.15) is 4.79 Å². The number of anilines is 1. The Morgan fingerprint density at radius 1 is 1.50 bits per heavy atom. The van der Waals surface area contributed by atoms with Crippen molar-refractivity contribution in [2.75, 3.05) is 11.9 Å². The van der Waals surface area contributed by atoms with Crippen molar-refractivity contribution >= 4 is 33.2 Å². The summed E-state index contributed by atoms with van der Waals surface area (Å²) >= 11 is 3.31. The summed E-state index contributed by atoms with van der Waals surface area (Å²) in [4.78, 5) is 16.0.